The lowest BCUT2D eigenvalue weighted by Crippen LogP contribution is -2.15. The Morgan fingerprint density at radius 2 is 1.85 bits per heavy atom. The first-order chi connectivity index (χ1) is 9.31. The van der Waals surface area contributed by atoms with E-state index in [-0.39, 0.29) is 4.90 Å². The number of pyridine rings is 1. The Morgan fingerprint density at radius 3 is 2.40 bits per heavy atom. The minimum atomic E-state index is -3.75. The van der Waals surface area contributed by atoms with E-state index in [4.69, 9.17) is 5.73 Å². The second-order valence-corrected chi connectivity index (χ2v) is 7.38. The molecule has 0 unspecified atom stereocenters. The third-order valence-corrected chi connectivity index (χ3v) is 5.78. The number of aromatic nitrogens is 1. The van der Waals surface area contributed by atoms with Crippen molar-refractivity contribution in [3.8, 4) is 0 Å². The van der Waals surface area contributed by atoms with E-state index in [1.165, 1.54) is 12.1 Å². The summed E-state index contributed by atoms with van der Waals surface area (Å²) in [6, 6.07) is 6.39. The Kier molecular flexibility index (Phi) is 4.36. The highest BCUT2D eigenvalue weighted by molar-refractivity contribution is 9.11. The van der Waals surface area contributed by atoms with E-state index in [1.54, 1.807) is 25.3 Å². The monoisotopic (exact) mass is 419 g/mol. The molecule has 0 fully saturated rings. The number of nitrogen functional groups attached to an aromatic ring is 1. The number of halogens is 2. The van der Waals surface area contributed by atoms with Crippen LogP contribution in [0.2, 0.25) is 0 Å². The molecule has 0 radical (unpaired) electrons. The maximum absolute atomic E-state index is 12.5. The highest BCUT2D eigenvalue weighted by Gasteiger charge is 2.22. The molecule has 2 aromatic rings. The van der Waals surface area contributed by atoms with E-state index < -0.39 is 10.0 Å². The van der Waals surface area contributed by atoms with Crippen molar-refractivity contribution >= 4 is 53.3 Å². The summed E-state index contributed by atoms with van der Waals surface area (Å²) in [5.41, 5.74) is 7.15. The van der Waals surface area contributed by atoms with Crippen molar-refractivity contribution in [3.05, 3.63) is 45.1 Å². The topological polar surface area (TPSA) is 85.1 Å². The predicted molar refractivity (Wildman–Crippen MR) is 86.0 cm³/mol. The van der Waals surface area contributed by atoms with Gasteiger partial charge in [0, 0.05) is 20.8 Å². The average molecular weight is 421 g/mol. The summed E-state index contributed by atoms with van der Waals surface area (Å²) in [5.74, 6) is 0. The van der Waals surface area contributed by atoms with Gasteiger partial charge in [-0.05, 0) is 63.0 Å². The van der Waals surface area contributed by atoms with Crippen LogP contribution < -0.4 is 10.5 Å². The molecule has 0 saturated heterocycles. The van der Waals surface area contributed by atoms with Crippen LogP contribution in [0.5, 0.6) is 0 Å². The molecule has 0 aliphatic rings. The van der Waals surface area contributed by atoms with Crippen molar-refractivity contribution in [1.29, 1.82) is 0 Å². The molecule has 1 aromatic heterocycles. The normalized spacial score (nSPS) is 11.3. The molecule has 5 nitrogen and oxygen atoms in total. The lowest BCUT2D eigenvalue weighted by Gasteiger charge is -2.13. The molecule has 0 bridgehead atoms. The molecule has 0 spiro atoms. The van der Waals surface area contributed by atoms with Crippen LogP contribution in [0.25, 0.3) is 0 Å². The molecule has 0 aliphatic heterocycles. The smallest absolute Gasteiger partial charge is 0.264 e. The summed E-state index contributed by atoms with van der Waals surface area (Å²) >= 11 is 6.44. The number of nitrogens with two attached hydrogens (primary N) is 1. The summed E-state index contributed by atoms with van der Waals surface area (Å²) in [5, 5.41) is 0. The van der Waals surface area contributed by atoms with Gasteiger partial charge in [-0.25, -0.2) is 8.42 Å². The van der Waals surface area contributed by atoms with Crippen LogP contribution in [-0.2, 0) is 10.0 Å². The van der Waals surface area contributed by atoms with Gasteiger partial charge in [-0.1, -0.05) is 0 Å². The Hall–Kier alpha value is -1.12. The standard InChI is InChI=1S/C12H11Br2N3O2S/c1-7-11(3-2-4-16-7)17-20(18,19)12-9(13)5-8(15)6-10(12)14/h2-6,17H,15H2,1H3. The molecule has 1 aromatic carbocycles. The van der Waals surface area contributed by atoms with Crippen molar-refractivity contribution in [3.63, 3.8) is 0 Å². The number of anilines is 2. The molecular weight excluding hydrogens is 410 g/mol. The number of nitrogens with one attached hydrogen (secondary N) is 1. The molecule has 1 heterocycles. The minimum absolute atomic E-state index is 0.0925. The fourth-order valence-corrected chi connectivity index (χ4v) is 5.36. The number of hydrogen-bond donors (Lipinski definition) is 2. The van der Waals surface area contributed by atoms with Crippen molar-refractivity contribution in [2.24, 2.45) is 0 Å². The first-order valence-electron chi connectivity index (χ1n) is 5.50. The molecule has 0 amide bonds. The SMILES string of the molecule is Cc1ncccc1NS(=O)(=O)c1c(Br)cc(N)cc1Br. The third kappa shape index (κ3) is 3.13. The number of rotatable bonds is 3. The van der Waals surface area contributed by atoms with Crippen molar-refractivity contribution in [2.45, 2.75) is 11.8 Å². The molecule has 20 heavy (non-hydrogen) atoms. The highest BCUT2D eigenvalue weighted by atomic mass is 79.9. The number of benzene rings is 1. The van der Waals surface area contributed by atoms with Crippen LogP contribution in [0.1, 0.15) is 5.69 Å². The third-order valence-electron chi connectivity index (χ3n) is 2.54. The van der Waals surface area contributed by atoms with E-state index in [1.807, 2.05) is 0 Å². The minimum Gasteiger partial charge on any atom is -0.399 e. The molecular formula is C12H11Br2N3O2S. The number of sulfonamides is 1. The molecule has 2 rings (SSSR count). The van der Waals surface area contributed by atoms with Crippen LogP contribution in [0.4, 0.5) is 11.4 Å². The summed E-state index contributed by atoms with van der Waals surface area (Å²) in [6.45, 7) is 1.73. The molecule has 3 N–H and O–H groups in total. The van der Waals surface area contributed by atoms with Crippen molar-refractivity contribution in [1.82, 2.24) is 4.98 Å². The zero-order chi connectivity index (χ0) is 14.9. The first-order valence-corrected chi connectivity index (χ1v) is 8.57. The predicted octanol–water partition coefficient (Wildman–Crippen LogP) is 3.30. The van der Waals surface area contributed by atoms with Gasteiger partial charge in [0.2, 0.25) is 0 Å². The number of nitrogens with zero attached hydrogens (tertiary/aromatic N) is 1. The second-order valence-electron chi connectivity index (χ2n) is 4.06. The second kappa shape index (κ2) is 5.71. The quantitative estimate of drug-likeness (QED) is 0.746. The maximum atomic E-state index is 12.5. The van der Waals surface area contributed by atoms with E-state index in [0.717, 1.165) is 0 Å². The molecule has 106 valence electrons. The number of hydrogen-bond acceptors (Lipinski definition) is 4. The van der Waals surface area contributed by atoms with Gasteiger partial charge >= 0.3 is 0 Å². The van der Waals surface area contributed by atoms with Gasteiger partial charge < -0.3 is 5.73 Å². The van der Waals surface area contributed by atoms with Gasteiger partial charge in [0.1, 0.15) is 4.90 Å². The summed E-state index contributed by atoms with van der Waals surface area (Å²) in [6.07, 6.45) is 1.60. The molecule has 8 heteroatoms. The van der Waals surface area contributed by atoms with E-state index in [0.29, 0.717) is 26.0 Å². The van der Waals surface area contributed by atoms with Crippen LogP contribution in [0.15, 0.2) is 44.3 Å². The Bertz CT molecular complexity index is 740. The first kappa shape index (κ1) is 15.3. The Labute approximate surface area is 133 Å². The van der Waals surface area contributed by atoms with Crippen LogP contribution in [0.3, 0.4) is 0 Å². The van der Waals surface area contributed by atoms with Crippen molar-refractivity contribution in [2.75, 3.05) is 10.5 Å². The average Bonchev–Trinajstić information content (AvgIpc) is 2.30. The zero-order valence-electron chi connectivity index (χ0n) is 10.4. The molecule has 0 atom stereocenters. The van der Waals surface area contributed by atoms with Gasteiger partial charge in [-0.15, -0.1) is 0 Å². The van der Waals surface area contributed by atoms with E-state index >= 15 is 0 Å². The van der Waals surface area contributed by atoms with Crippen molar-refractivity contribution < 1.29 is 8.42 Å². The van der Waals surface area contributed by atoms with E-state index in [2.05, 4.69) is 41.6 Å². The van der Waals surface area contributed by atoms with Gasteiger partial charge in [0.05, 0.1) is 11.4 Å². The lowest BCUT2D eigenvalue weighted by molar-refractivity contribution is 0.600. The fraction of sp³-hybridized carbons (Fsp3) is 0.0833. The fourth-order valence-electron chi connectivity index (χ4n) is 1.62. The van der Waals surface area contributed by atoms with Gasteiger partial charge in [-0.2, -0.15) is 0 Å². The van der Waals surface area contributed by atoms with Crippen LogP contribution >= 0.6 is 31.9 Å². The summed E-state index contributed by atoms with van der Waals surface area (Å²) in [7, 11) is -3.75. The van der Waals surface area contributed by atoms with Gasteiger partial charge in [0.25, 0.3) is 10.0 Å². The Balaban J connectivity index is 2.50. The highest BCUT2D eigenvalue weighted by Crippen LogP contribution is 2.33. The lowest BCUT2D eigenvalue weighted by atomic mass is 10.3. The summed E-state index contributed by atoms with van der Waals surface area (Å²) < 4.78 is 28.2. The van der Waals surface area contributed by atoms with Gasteiger partial charge in [-0.3, -0.25) is 9.71 Å². The molecule has 0 aliphatic carbocycles. The largest absolute Gasteiger partial charge is 0.399 e. The van der Waals surface area contributed by atoms with Gasteiger partial charge in [0.15, 0.2) is 0 Å². The Morgan fingerprint density at radius 1 is 1.25 bits per heavy atom. The summed E-state index contributed by atoms with van der Waals surface area (Å²) in [4.78, 5) is 4.14. The number of aryl methyl sites for hydroxylation is 1. The van der Waals surface area contributed by atoms with Crippen LogP contribution in [-0.4, -0.2) is 13.4 Å². The van der Waals surface area contributed by atoms with E-state index in [9.17, 15) is 8.42 Å². The zero-order valence-corrected chi connectivity index (χ0v) is 14.4. The van der Waals surface area contributed by atoms with Crippen LogP contribution in [0, 0.1) is 6.92 Å². The maximum Gasteiger partial charge on any atom is 0.264 e. The molecule has 0 saturated carbocycles.